The quantitative estimate of drug-likeness (QED) is 0.454. The van der Waals surface area contributed by atoms with Crippen molar-refractivity contribution in [3.63, 3.8) is 0 Å². The first-order valence-corrected chi connectivity index (χ1v) is 5.26. The van der Waals surface area contributed by atoms with Crippen molar-refractivity contribution in [3.8, 4) is 0 Å². The molecule has 4 heteroatoms. The van der Waals surface area contributed by atoms with Crippen LogP contribution in [0.2, 0.25) is 0 Å². The van der Waals surface area contributed by atoms with Crippen LogP contribution < -0.4 is 5.32 Å². The number of hydrogen-bond donors (Lipinski definition) is 1. The zero-order valence-electron chi connectivity index (χ0n) is 9.35. The van der Waals surface area contributed by atoms with Crippen LogP contribution in [0.5, 0.6) is 0 Å². The van der Waals surface area contributed by atoms with Crippen LogP contribution in [0, 0.1) is 10.1 Å². The Morgan fingerprint density at radius 2 is 2.25 bits per heavy atom. The zero-order chi connectivity index (χ0) is 12.0. The standard InChI is InChI=1S/C12H16N2O2/c1-3-4-7-10(2)13-11-8-5-6-9-12(11)14(15)16/h3,5-6,8-10,13H,1,4,7H2,2H3. The number of rotatable bonds is 6. The number of para-hydroxylation sites is 2. The van der Waals surface area contributed by atoms with E-state index in [-0.39, 0.29) is 16.7 Å². The Kier molecular flexibility index (Phi) is 4.51. The summed E-state index contributed by atoms with van der Waals surface area (Å²) in [6, 6.07) is 6.87. The first kappa shape index (κ1) is 12.2. The molecule has 1 aromatic rings. The van der Waals surface area contributed by atoms with Gasteiger partial charge in [0.15, 0.2) is 0 Å². The SMILES string of the molecule is C=CCCC(C)Nc1ccccc1[N+](=O)[O-]. The summed E-state index contributed by atoms with van der Waals surface area (Å²) in [5.74, 6) is 0. The van der Waals surface area contributed by atoms with Crippen molar-refractivity contribution in [2.75, 3.05) is 5.32 Å². The first-order chi connectivity index (χ1) is 7.65. The van der Waals surface area contributed by atoms with Gasteiger partial charge in [-0.2, -0.15) is 0 Å². The summed E-state index contributed by atoms with van der Waals surface area (Å²) in [5.41, 5.74) is 0.692. The van der Waals surface area contributed by atoms with Gasteiger partial charge in [-0.25, -0.2) is 0 Å². The Bertz CT molecular complexity index is 377. The number of anilines is 1. The van der Waals surface area contributed by atoms with Gasteiger partial charge in [-0.3, -0.25) is 10.1 Å². The van der Waals surface area contributed by atoms with Crippen molar-refractivity contribution in [1.29, 1.82) is 0 Å². The van der Waals surface area contributed by atoms with E-state index in [1.165, 1.54) is 6.07 Å². The summed E-state index contributed by atoms with van der Waals surface area (Å²) in [6.07, 6.45) is 3.65. The van der Waals surface area contributed by atoms with E-state index in [0.717, 1.165) is 12.8 Å². The van der Waals surface area contributed by atoms with E-state index in [1.807, 2.05) is 13.0 Å². The summed E-state index contributed by atoms with van der Waals surface area (Å²) in [6.45, 7) is 5.65. The van der Waals surface area contributed by atoms with Crippen molar-refractivity contribution in [2.45, 2.75) is 25.8 Å². The van der Waals surface area contributed by atoms with E-state index in [9.17, 15) is 10.1 Å². The monoisotopic (exact) mass is 220 g/mol. The van der Waals surface area contributed by atoms with Crippen molar-refractivity contribution in [2.24, 2.45) is 0 Å². The van der Waals surface area contributed by atoms with Crippen molar-refractivity contribution >= 4 is 11.4 Å². The molecule has 0 fully saturated rings. The van der Waals surface area contributed by atoms with Gasteiger partial charge in [-0.1, -0.05) is 18.2 Å². The van der Waals surface area contributed by atoms with Gasteiger partial charge in [0.25, 0.3) is 5.69 Å². The number of benzene rings is 1. The highest BCUT2D eigenvalue weighted by Gasteiger charge is 2.13. The molecule has 0 bridgehead atoms. The predicted molar refractivity (Wildman–Crippen MR) is 65.6 cm³/mol. The molecule has 1 rings (SSSR count). The summed E-state index contributed by atoms with van der Waals surface area (Å²) in [4.78, 5) is 10.4. The number of allylic oxidation sites excluding steroid dienone is 1. The van der Waals surface area contributed by atoms with Crippen molar-refractivity contribution in [3.05, 3.63) is 47.0 Å². The molecule has 0 spiro atoms. The van der Waals surface area contributed by atoms with Crippen molar-refractivity contribution < 1.29 is 4.92 Å². The van der Waals surface area contributed by atoms with Crippen LogP contribution in [0.1, 0.15) is 19.8 Å². The van der Waals surface area contributed by atoms with Crippen LogP contribution in [-0.2, 0) is 0 Å². The topological polar surface area (TPSA) is 55.2 Å². The lowest BCUT2D eigenvalue weighted by atomic mass is 10.1. The third-order valence-corrected chi connectivity index (χ3v) is 2.31. The van der Waals surface area contributed by atoms with Gasteiger partial charge in [-0.15, -0.1) is 6.58 Å². The van der Waals surface area contributed by atoms with Gasteiger partial charge in [0.05, 0.1) is 4.92 Å². The Hall–Kier alpha value is -1.84. The maximum absolute atomic E-state index is 10.8. The van der Waals surface area contributed by atoms with Crippen LogP contribution in [0.15, 0.2) is 36.9 Å². The maximum atomic E-state index is 10.8. The Labute approximate surface area is 95.1 Å². The molecule has 0 amide bonds. The predicted octanol–water partition coefficient (Wildman–Crippen LogP) is 3.36. The molecule has 1 unspecified atom stereocenters. The first-order valence-electron chi connectivity index (χ1n) is 5.26. The molecular weight excluding hydrogens is 204 g/mol. The third-order valence-electron chi connectivity index (χ3n) is 2.31. The minimum absolute atomic E-state index is 0.118. The molecule has 0 aliphatic carbocycles. The van der Waals surface area contributed by atoms with Crippen molar-refractivity contribution in [1.82, 2.24) is 0 Å². The second-order valence-corrected chi connectivity index (χ2v) is 3.69. The van der Waals surface area contributed by atoms with E-state index in [2.05, 4.69) is 11.9 Å². The van der Waals surface area contributed by atoms with Gasteiger partial charge in [-0.05, 0) is 25.8 Å². The van der Waals surface area contributed by atoms with E-state index in [0.29, 0.717) is 5.69 Å². The van der Waals surface area contributed by atoms with Crippen LogP contribution in [0.4, 0.5) is 11.4 Å². The highest BCUT2D eigenvalue weighted by molar-refractivity contribution is 5.61. The highest BCUT2D eigenvalue weighted by Crippen LogP contribution is 2.24. The second kappa shape index (κ2) is 5.90. The lowest BCUT2D eigenvalue weighted by molar-refractivity contribution is -0.384. The van der Waals surface area contributed by atoms with Crippen LogP contribution in [-0.4, -0.2) is 11.0 Å². The highest BCUT2D eigenvalue weighted by atomic mass is 16.6. The summed E-state index contributed by atoms with van der Waals surface area (Å²) < 4.78 is 0. The molecule has 0 heterocycles. The number of hydrogen-bond acceptors (Lipinski definition) is 3. The molecule has 4 nitrogen and oxygen atoms in total. The average molecular weight is 220 g/mol. The summed E-state index contributed by atoms with van der Waals surface area (Å²) in [5, 5.41) is 13.9. The molecule has 0 aliphatic heterocycles. The smallest absolute Gasteiger partial charge is 0.292 e. The lowest BCUT2D eigenvalue weighted by Gasteiger charge is -2.14. The number of nitrogens with one attached hydrogen (secondary N) is 1. The fraction of sp³-hybridized carbons (Fsp3) is 0.333. The molecule has 86 valence electrons. The third kappa shape index (κ3) is 3.38. The molecule has 0 saturated carbocycles. The molecule has 1 atom stereocenters. The van der Waals surface area contributed by atoms with Gasteiger partial charge < -0.3 is 5.32 Å². The normalized spacial score (nSPS) is 11.8. The molecule has 0 aliphatic rings. The van der Waals surface area contributed by atoms with E-state index in [4.69, 9.17) is 0 Å². The molecule has 0 aromatic heterocycles. The Morgan fingerprint density at radius 3 is 2.88 bits per heavy atom. The second-order valence-electron chi connectivity index (χ2n) is 3.69. The van der Waals surface area contributed by atoms with Gasteiger partial charge in [0.2, 0.25) is 0 Å². The van der Waals surface area contributed by atoms with E-state index >= 15 is 0 Å². The maximum Gasteiger partial charge on any atom is 0.292 e. The molecular formula is C12H16N2O2. The Morgan fingerprint density at radius 1 is 1.56 bits per heavy atom. The van der Waals surface area contributed by atoms with E-state index < -0.39 is 0 Å². The molecule has 16 heavy (non-hydrogen) atoms. The molecule has 0 saturated heterocycles. The number of nitro benzene ring substituents is 1. The van der Waals surface area contributed by atoms with Gasteiger partial charge >= 0.3 is 0 Å². The summed E-state index contributed by atoms with van der Waals surface area (Å²) >= 11 is 0. The Balaban J connectivity index is 2.72. The van der Waals surface area contributed by atoms with Crippen LogP contribution in [0.3, 0.4) is 0 Å². The summed E-state index contributed by atoms with van der Waals surface area (Å²) in [7, 11) is 0. The zero-order valence-corrected chi connectivity index (χ0v) is 9.35. The van der Waals surface area contributed by atoms with Crippen LogP contribution in [0.25, 0.3) is 0 Å². The number of nitro groups is 1. The minimum atomic E-state index is -0.372. The van der Waals surface area contributed by atoms with Gasteiger partial charge in [0.1, 0.15) is 5.69 Å². The van der Waals surface area contributed by atoms with E-state index in [1.54, 1.807) is 18.2 Å². The van der Waals surface area contributed by atoms with Crippen LogP contribution >= 0.6 is 0 Å². The fourth-order valence-electron chi connectivity index (χ4n) is 1.46. The molecule has 1 N–H and O–H groups in total. The largest absolute Gasteiger partial charge is 0.377 e. The lowest BCUT2D eigenvalue weighted by Crippen LogP contribution is -2.15. The minimum Gasteiger partial charge on any atom is -0.377 e. The molecule has 1 aromatic carbocycles. The number of nitrogens with zero attached hydrogens (tertiary/aromatic N) is 1. The molecule has 0 radical (unpaired) electrons. The van der Waals surface area contributed by atoms with Gasteiger partial charge in [0, 0.05) is 12.1 Å². The average Bonchev–Trinajstić information content (AvgIpc) is 2.27. The fourth-order valence-corrected chi connectivity index (χ4v) is 1.46.